The molecule has 3 aliphatic rings. The molecule has 112 valence electrons. The molecule has 0 N–H and O–H groups in total. The van der Waals surface area contributed by atoms with Crippen LogP contribution in [0, 0.1) is 11.8 Å². The molecule has 0 spiro atoms. The van der Waals surface area contributed by atoms with Crippen molar-refractivity contribution < 1.29 is 28.5 Å². The fraction of sp³-hybridized carbons (Fsp3) is 0.857. The Morgan fingerprint density at radius 3 is 1.60 bits per heavy atom. The zero-order valence-electron chi connectivity index (χ0n) is 11.4. The van der Waals surface area contributed by atoms with E-state index in [1.807, 2.05) is 0 Å². The molecular formula is C14H20O6. The van der Waals surface area contributed by atoms with Gasteiger partial charge in [-0.1, -0.05) is 12.8 Å². The Kier molecular flexibility index (Phi) is 4.21. The van der Waals surface area contributed by atoms with Gasteiger partial charge in [0.2, 0.25) is 0 Å². The number of carbonyl (C=O) groups is 2. The van der Waals surface area contributed by atoms with Crippen LogP contribution in [0.25, 0.3) is 0 Å². The maximum absolute atomic E-state index is 12.1. The monoisotopic (exact) mass is 284 g/mol. The number of hydrogen-bond donors (Lipinski definition) is 0. The Balaban J connectivity index is 1.50. The molecule has 0 aromatic heterocycles. The molecule has 2 saturated heterocycles. The summed E-state index contributed by atoms with van der Waals surface area (Å²) in [7, 11) is 0. The lowest BCUT2D eigenvalue weighted by molar-refractivity contribution is -0.163. The molecule has 0 amide bonds. The van der Waals surface area contributed by atoms with Crippen molar-refractivity contribution in [2.45, 2.75) is 37.9 Å². The zero-order valence-corrected chi connectivity index (χ0v) is 11.4. The van der Waals surface area contributed by atoms with Gasteiger partial charge in [-0.25, -0.2) is 0 Å². The lowest BCUT2D eigenvalue weighted by Gasteiger charge is -2.28. The van der Waals surface area contributed by atoms with Crippen molar-refractivity contribution in [3.05, 3.63) is 0 Å². The maximum atomic E-state index is 12.1. The van der Waals surface area contributed by atoms with Crippen molar-refractivity contribution in [3.63, 3.8) is 0 Å². The summed E-state index contributed by atoms with van der Waals surface area (Å²) >= 11 is 0. The van der Waals surface area contributed by atoms with Crippen molar-refractivity contribution in [3.8, 4) is 0 Å². The lowest BCUT2D eigenvalue weighted by Crippen LogP contribution is -2.35. The van der Waals surface area contributed by atoms with Gasteiger partial charge in [-0.15, -0.1) is 0 Å². The summed E-state index contributed by atoms with van der Waals surface area (Å²) < 4.78 is 20.5. The van der Waals surface area contributed by atoms with Crippen molar-refractivity contribution in [1.82, 2.24) is 0 Å². The summed E-state index contributed by atoms with van der Waals surface area (Å²) in [5.41, 5.74) is 0. The first-order chi connectivity index (χ1) is 9.74. The van der Waals surface area contributed by atoms with E-state index in [0.29, 0.717) is 39.3 Å². The number of hydrogen-bond acceptors (Lipinski definition) is 6. The Morgan fingerprint density at radius 1 is 0.850 bits per heavy atom. The number of epoxide rings is 2. The zero-order chi connectivity index (χ0) is 13.9. The van der Waals surface area contributed by atoms with Crippen molar-refractivity contribution in [2.24, 2.45) is 11.8 Å². The van der Waals surface area contributed by atoms with Gasteiger partial charge < -0.3 is 18.9 Å². The molecular weight excluding hydrogens is 264 g/mol. The van der Waals surface area contributed by atoms with Gasteiger partial charge in [-0.05, 0) is 12.8 Å². The Labute approximate surface area is 117 Å². The minimum Gasteiger partial charge on any atom is -0.463 e. The largest absolute Gasteiger partial charge is 0.463 e. The second kappa shape index (κ2) is 6.10. The molecule has 3 unspecified atom stereocenters. The number of rotatable bonds is 6. The standard InChI is InChI=1S/C14H20O6/c15-13(19-7-9-5-17-9)11-3-1-2-4-12(11)14(16)20-8-10-6-18-10/h9-12H,1-8H2/t9-,10?,11?,12?/m1/s1. The van der Waals surface area contributed by atoms with Crippen LogP contribution >= 0.6 is 0 Å². The summed E-state index contributed by atoms with van der Waals surface area (Å²) in [6.45, 7) is 1.91. The Bertz CT molecular complexity index is 338. The van der Waals surface area contributed by atoms with Gasteiger partial charge in [0.15, 0.2) is 0 Å². The number of esters is 2. The molecule has 6 heteroatoms. The van der Waals surface area contributed by atoms with Crippen LogP contribution in [0.15, 0.2) is 0 Å². The van der Waals surface area contributed by atoms with Gasteiger partial charge in [-0.2, -0.15) is 0 Å². The van der Waals surface area contributed by atoms with Crippen LogP contribution < -0.4 is 0 Å². The molecule has 3 rings (SSSR count). The average molecular weight is 284 g/mol. The van der Waals surface area contributed by atoms with E-state index in [1.165, 1.54) is 0 Å². The van der Waals surface area contributed by atoms with Crippen molar-refractivity contribution in [2.75, 3.05) is 26.4 Å². The Morgan fingerprint density at radius 2 is 1.25 bits per heavy atom. The first-order valence-electron chi connectivity index (χ1n) is 7.30. The first-order valence-corrected chi connectivity index (χ1v) is 7.30. The summed E-state index contributed by atoms with van der Waals surface area (Å²) in [4.78, 5) is 24.2. The molecule has 0 aromatic carbocycles. The number of carbonyl (C=O) groups excluding carboxylic acids is 2. The maximum Gasteiger partial charge on any atom is 0.309 e. The average Bonchev–Trinajstić information content (AvgIpc) is 3.36. The van der Waals surface area contributed by atoms with Gasteiger partial charge in [0.25, 0.3) is 0 Å². The van der Waals surface area contributed by atoms with Crippen LogP contribution in [0.3, 0.4) is 0 Å². The highest BCUT2D eigenvalue weighted by Crippen LogP contribution is 2.32. The Hall–Kier alpha value is -1.14. The molecule has 3 fully saturated rings. The third-order valence-corrected chi connectivity index (χ3v) is 4.00. The van der Waals surface area contributed by atoms with Crippen LogP contribution in [0.1, 0.15) is 25.7 Å². The predicted molar refractivity (Wildman–Crippen MR) is 66.8 cm³/mol. The van der Waals surface area contributed by atoms with E-state index in [2.05, 4.69) is 0 Å². The topological polar surface area (TPSA) is 77.7 Å². The summed E-state index contributed by atoms with van der Waals surface area (Å²) in [5, 5.41) is 0. The van der Waals surface area contributed by atoms with Gasteiger partial charge >= 0.3 is 11.9 Å². The molecule has 0 bridgehead atoms. The second-order valence-electron chi connectivity index (χ2n) is 5.67. The molecule has 6 nitrogen and oxygen atoms in total. The summed E-state index contributed by atoms with van der Waals surface area (Å²) in [6.07, 6.45) is 3.42. The predicted octanol–water partition coefficient (Wildman–Crippen LogP) is 0.677. The summed E-state index contributed by atoms with van der Waals surface area (Å²) in [5.74, 6) is -1.31. The van der Waals surface area contributed by atoms with E-state index in [4.69, 9.17) is 18.9 Å². The first kappa shape index (κ1) is 13.8. The highest BCUT2D eigenvalue weighted by atomic mass is 16.6. The van der Waals surface area contributed by atoms with E-state index in [1.54, 1.807) is 0 Å². The van der Waals surface area contributed by atoms with E-state index >= 15 is 0 Å². The summed E-state index contributed by atoms with van der Waals surface area (Å²) in [6, 6.07) is 0. The van der Waals surface area contributed by atoms with Crippen molar-refractivity contribution in [1.29, 1.82) is 0 Å². The molecule has 1 aliphatic carbocycles. The van der Waals surface area contributed by atoms with E-state index in [0.717, 1.165) is 12.8 Å². The molecule has 2 aliphatic heterocycles. The van der Waals surface area contributed by atoms with Crippen LogP contribution in [0.4, 0.5) is 0 Å². The normalized spacial score (nSPS) is 35.2. The fourth-order valence-corrected chi connectivity index (χ4v) is 2.59. The van der Waals surface area contributed by atoms with Gasteiger partial charge in [-0.3, -0.25) is 9.59 Å². The molecule has 2 heterocycles. The molecule has 4 atom stereocenters. The molecule has 1 saturated carbocycles. The van der Waals surface area contributed by atoms with Gasteiger partial charge in [0, 0.05) is 0 Å². The molecule has 20 heavy (non-hydrogen) atoms. The smallest absolute Gasteiger partial charge is 0.309 e. The quantitative estimate of drug-likeness (QED) is 0.527. The lowest BCUT2D eigenvalue weighted by atomic mass is 9.79. The number of ether oxygens (including phenoxy) is 4. The van der Waals surface area contributed by atoms with Crippen LogP contribution in [-0.2, 0) is 28.5 Å². The minimum absolute atomic E-state index is 0.0555. The third kappa shape index (κ3) is 3.70. The van der Waals surface area contributed by atoms with E-state index in [9.17, 15) is 9.59 Å². The van der Waals surface area contributed by atoms with Gasteiger partial charge in [0.05, 0.1) is 25.0 Å². The SMILES string of the molecule is O=C(OCC1CO1)C1CCCCC1C(=O)OC[C@H]1CO1. The fourth-order valence-electron chi connectivity index (χ4n) is 2.59. The van der Waals surface area contributed by atoms with Gasteiger partial charge in [0.1, 0.15) is 25.4 Å². The highest BCUT2D eigenvalue weighted by molar-refractivity contribution is 5.82. The third-order valence-electron chi connectivity index (χ3n) is 4.00. The molecule has 0 radical (unpaired) electrons. The van der Waals surface area contributed by atoms with Crippen LogP contribution in [0.2, 0.25) is 0 Å². The molecule has 0 aromatic rings. The van der Waals surface area contributed by atoms with Crippen molar-refractivity contribution >= 4 is 11.9 Å². The minimum atomic E-state index is -0.366. The van der Waals surface area contributed by atoms with E-state index < -0.39 is 0 Å². The van der Waals surface area contributed by atoms with Crippen LogP contribution in [-0.4, -0.2) is 50.6 Å². The van der Waals surface area contributed by atoms with Crippen LogP contribution in [0.5, 0.6) is 0 Å². The second-order valence-corrected chi connectivity index (χ2v) is 5.67. The highest BCUT2D eigenvalue weighted by Gasteiger charge is 2.39. The van der Waals surface area contributed by atoms with E-state index in [-0.39, 0.29) is 36.0 Å².